The number of alkyl halides is 3. The van der Waals surface area contributed by atoms with Crippen molar-refractivity contribution in [3.05, 3.63) is 94.2 Å². The van der Waals surface area contributed by atoms with Crippen molar-refractivity contribution in [1.82, 2.24) is 4.98 Å². The van der Waals surface area contributed by atoms with Gasteiger partial charge >= 0.3 is 12.1 Å². The summed E-state index contributed by atoms with van der Waals surface area (Å²) in [7, 11) is 0. The number of carbonyl (C=O) groups is 1. The lowest BCUT2D eigenvalue weighted by Crippen LogP contribution is -2.07. The van der Waals surface area contributed by atoms with Crippen molar-refractivity contribution in [2.75, 3.05) is 5.32 Å². The van der Waals surface area contributed by atoms with Crippen molar-refractivity contribution in [1.29, 1.82) is 0 Å². The van der Waals surface area contributed by atoms with Crippen LogP contribution in [0.1, 0.15) is 38.2 Å². The highest BCUT2D eigenvalue weighted by molar-refractivity contribution is 5.97. The number of anilines is 1. The topological polar surface area (TPSA) is 62.2 Å². The molecule has 4 nitrogen and oxygen atoms in total. The number of benzene rings is 3. The van der Waals surface area contributed by atoms with Gasteiger partial charge < -0.3 is 10.4 Å². The van der Waals surface area contributed by atoms with E-state index in [0.717, 1.165) is 39.6 Å². The number of carboxylic acids is 1. The Bertz CT molecular complexity index is 1410. The van der Waals surface area contributed by atoms with Crippen LogP contribution in [-0.2, 0) is 12.7 Å². The fraction of sp³-hybridized carbons (Fsp3) is 0.185. The van der Waals surface area contributed by atoms with Gasteiger partial charge in [0, 0.05) is 23.8 Å². The van der Waals surface area contributed by atoms with Gasteiger partial charge in [0.15, 0.2) is 0 Å². The van der Waals surface area contributed by atoms with E-state index in [0.29, 0.717) is 17.5 Å². The third kappa shape index (κ3) is 4.46. The summed E-state index contributed by atoms with van der Waals surface area (Å²) in [6, 6.07) is 15.2. The van der Waals surface area contributed by atoms with Gasteiger partial charge in [0.2, 0.25) is 0 Å². The molecule has 0 aliphatic rings. The smallest absolute Gasteiger partial charge is 0.418 e. The number of nitrogens with zero attached hydrogens (tertiary/aromatic N) is 1. The van der Waals surface area contributed by atoms with Gasteiger partial charge in [-0.1, -0.05) is 30.3 Å². The second-order valence-electron chi connectivity index (χ2n) is 8.36. The summed E-state index contributed by atoms with van der Waals surface area (Å²) in [5.41, 5.74) is 5.00. The lowest BCUT2D eigenvalue weighted by Gasteiger charge is -2.16. The molecule has 174 valence electrons. The number of hydrogen-bond acceptors (Lipinski definition) is 3. The number of aryl methyl sites for hydroxylation is 3. The molecular formula is C27H23F3N2O2. The number of pyridine rings is 1. The minimum absolute atomic E-state index is 0.0660. The molecule has 0 saturated carbocycles. The Morgan fingerprint density at radius 1 is 0.971 bits per heavy atom. The number of hydrogen-bond donors (Lipinski definition) is 2. The van der Waals surface area contributed by atoms with E-state index in [2.05, 4.69) is 10.3 Å². The maximum absolute atomic E-state index is 13.5. The number of aromatic nitrogens is 1. The van der Waals surface area contributed by atoms with Crippen LogP contribution in [0.25, 0.3) is 22.0 Å². The monoisotopic (exact) mass is 464 g/mol. The molecule has 0 bridgehead atoms. The van der Waals surface area contributed by atoms with Crippen LogP contribution in [-0.4, -0.2) is 16.1 Å². The summed E-state index contributed by atoms with van der Waals surface area (Å²) < 4.78 is 40.6. The standard InChI is InChI=1S/C27H23F3N2O2/c1-15-11-23(16(2)10-21(15)26(33)34)31-14-18-6-4-7-19(12-18)24-17(3)13-32-25-20(24)8-5-9-22(25)27(28,29)30/h4-13,31H,14H2,1-3H3,(H,33,34). The average Bonchev–Trinajstić information content (AvgIpc) is 2.78. The Morgan fingerprint density at radius 3 is 2.41 bits per heavy atom. The Morgan fingerprint density at radius 2 is 1.71 bits per heavy atom. The number of nitrogens with one attached hydrogen (secondary N) is 1. The average molecular weight is 464 g/mol. The molecule has 0 amide bonds. The second kappa shape index (κ2) is 8.82. The first-order chi connectivity index (χ1) is 16.1. The molecule has 0 aliphatic carbocycles. The van der Waals surface area contributed by atoms with Crippen molar-refractivity contribution >= 4 is 22.6 Å². The molecule has 0 spiro atoms. The van der Waals surface area contributed by atoms with Crippen molar-refractivity contribution < 1.29 is 23.1 Å². The van der Waals surface area contributed by atoms with E-state index in [9.17, 15) is 23.1 Å². The fourth-order valence-corrected chi connectivity index (χ4v) is 4.21. The van der Waals surface area contributed by atoms with Gasteiger partial charge in [-0.15, -0.1) is 0 Å². The van der Waals surface area contributed by atoms with Gasteiger partial charge in [-0.2, -0.15) is 13.2 Å². The highest BCUT2D eigenvalue weighted by Gasteiger charge is 2.33. The van der Waals surface area contributed by atoms with Crippen LogP contribution in [0.5, 0.6) is 0 Å². The zero-order chi connectivity index (χ0) is 24.6. The molecule has 0 unspecified atom stereocenters. The third-order valence-electron chi connectivity index (χ3n) is 5.89. The Labute approximate surface area is 195 Å². The molecule has 34 heavy (non-hydrogen) atoms. The SMILES string of the molecule is Cc1cc(C(=O)O)c(C)cc1NCc1cccc(-c2c(C)cnc3c(C(F)(F)F)cccc23)c1. The van der Waals surface area contributed by atoms with Crippen LogP contribution in [0.4, 0.5) is 18.9 Å². The maximum Gasteiger partial charge on any atom is 0.418 e. The molecule has 3 aromatic carbocycles. The van der Waals surface area contributed by atoms with E-state index in [1.54, 1.807) is 19.1 Å². The molecule has 7 heteroatoms. The zero-order valence-corrected chi connectivity index (χ0v) is 18.9. The molecule has 4 rings (SSSR count). The number of halogens is 3. The first-order valence-corrected chi connectivity index (χ1v) is 10.7. The van der Waals surface area contributed by atoms with Gasteiger partial charge in [0.25, 0.3) is 0 Å². The van der Waals surface area contributed by atoms with Crippen molar-refractivity contribution in [3.8, 4) is 11.1 Å². The van der Waals surface area contributed by atoms with Gasteiger partial charge in [0.05, 0.1) is 16.6 Å². The highest BCUT2D eigenvalue weighted by atomic mass is 19.4. The highest BCUT2D eigenvalue weighted by Crippen LogP contribution is 2.38. The first kappa shape index (κ1) is 23.3. The van der Waals surface area contributed by atoms with Crippen LogP contribution in [0, 0.1) is 20.8 Å². The number of carboxylic acid groups (broad SMARTS) is 1. The third-order valence-corrected chi connectivity index (χ3v) is 5.89. The molecule has 0 fully saturated rings. The second-order valence-corrected chi connectivity index (χ2v) is 8.36. The molecule has 4 aromatic rings. The lowest BCUT2D eigenvalue weighted by molar-refractivity contribution is -0.136. The fourth-order valence-electron chi connectivity index (χ4n) is 4.21. The molecule has 0 atom stereocenters. The molecule has 2 N–H and O–H groups in total. The number of fused-ring (bicyclic) bond motifs is 1. The summed E-state index contributed by atoms with van der Waals surface area (Å²) in [5, 5.41) is 13.1. The van der Waals surface area contributed by atoms with E-state index in [4.69, 9.17) is 0 Å². The van der Waals surface area contributed by atoms with E-state index < -0.39 is 17.7 Å². The van der Waals surface area contributed by atoms with E-state index in [-0.39, 0.29) is 11.1 Å². The number of para-hydroxylation sites is 1. The predicted molar refractivity (Wildman–Crippen MR) is 127 cm³/mol. The zero-order valence-electron chi connectivity index (χ0n) is 18.9. The Hall–Kier alpha value is -3.87. The van der Waals surface area contributed by atoms with Gasteiger partial charge in [-0.3, -0.25) is 4.98 Å². The molecule has 0 radical (unpaired) electrons. The minimum atomic E-state index is -4.49. The van der Waals surface area contributed by atoms with Crippen LogP contribution in [0.15, 0.2) is 60.8 Å². The number of rotatable bonds is 5. The largest absolute Gasteiger partial charge is 0.478 e. The van der Waals surface area contributed by atoms with Gasteiger partial charge in [-0.25, -0.2) is 4.79 Å². The minimum Gasteiger partial charge on any atom is -0.478 e. The molecular weight excluding hydrogens is 441 g/mol. The van der Waals surface area contributed by atoms with Crippen molar-refractivity contribution in [2.24, 2.45) is 0 Å². The summed E-state index contributed by atoms with van der Waals surface area (Å²) >= 11 is 0. The predicted octanol–water partition coefficient (Wildman–Crippen LogP) is 7.16. The normalized spacial score (nSPS) is 11.6. The molecule has 1 aromatic heterocycles. The summed E-state index contributed by atoms with van der Waals surface area (Å²) in [6.45, 7) is 5.90. The van der Waals surface area contributed by atoms with Crippen LogP contribution in [0.2, 0.25) is 0 Å². The summed E-state index contributed by atoms with van der Waals surface area (Å²) in [4.78, 5) is 15.4. The van der Waals surface area contributed by atoms with Crippen LogP contribution < -0.4 is 5.32 Å². The van der Waals surface area contributed by atoms with Crippen molar-refractivity contribution in [3.63, 3.8) is 0 Å². The summed E-state index contributed by atoms with van der Waals surface area (Å²) in [5.74, 6) is -0.964. The maximum atomic E-state index is 13.5. The Kier molecular flexibility index (Phi) is 6.04. The quantitative estimate of drug-likeness (QED) is 0.329. The van der Waals surface area contributed by atoms with E-state index >= 15 is 0 Å². The summed E-state index contributed by atoms with van der Waals surface area (Å²) in [6.07, 6.45) is -3.01. The molecule has 0 saturated heterocycles. The lowest BCUT2D eigenvalue weighted by atomic mass is 9.94. The molecule has 0 aliphatic heterocycles. The van der Waals surface area contributed by atoms with Gasteiger partial charge in [-0.05, 0) is 78.4 Å². The number of aromatic carboxylic acids is 1. The van der Waals surface area contributed by atoms with E-state index in [1.807, 2.05) is 44.2 Å². The van der Waals surface area contributed by atoms with Crippen molar-refractivity contribution in [2.45, 2.75) is 33.5 Å². The Balaban J connectivity index is 1.70. The first-order valence-electron chi connectivity index (χ1n) is 10.7. The molecule has 1 heterocycles. The van der Waals surface area contributed by atoms with Crippen LogP contribution >= 0.6 is 0 Å². The van der Waals surface area contributed by atoms with Crippen LogP contribution in [0.3, 0.4) is 0 Å². The van der Waals surface area contributed by atoms with Gasteiger partial charge in [0.1, 0.15) is 0 Å². The van der Waals surface area contributed by atoms with E-state index in [1.165, 1.54) is 12.3 Å².